The lowest BCUT2D eigenvalue weighted by atomic mass is 9.78. The van der Waals surface area contributed by atoms with Crippen LogP contribution in [0.3, 0.4) is 0 Å². The summed E-state index contributed by atoms with van der Waals surface area (Å²) in [5, 5.41) is 13.5. The van der Waals surface area contributed by atoms with Gasteiger partial charge >= 0.3 is 0 Å². The predicted molar refractivity (Wildman–Crippen MR) is 87.2 cm³/mol. The third-order valence-electron chi connectivity index (χ3n) is 5.17. The largest absolute Gasteiger partial charge is 0.355 e. The Hall–Kier alpha value is -1.65. The summed E-state index contributed by atoms with van der Waals surface area (Å²) in [6.07, 6.45) is 7.60. The maximum atomic E-state index is 4.86. The molecule has 1 atom stereocenters. The molecule has 2 aromatic rings. The molecule has 0 N–H and O–H groups in total. The Morgan fingerprint density at radius 3 is 2.91 bits per heavy atom. The van der Waals surface area contributed by atoms with E-state index < -0.39 is 0 Å². The molecule has 2 aliphatic rings. The number of rotatable bonds is 4. The molecule has 1 saturated heterocycles. The summed E-state index contributed by atoms with van der Waals surface area (Å²) in [6.45, 7) is 6.93. The lowest BCUT2D eigenvalue weighted by Gasteiger charge is -2.41. The minimum Gasteiger partial charge on any atom is -0.355 e. The van der Waals surface area contributed by atoms with Gasteiger partial charge in [-0.25, -0.2) is 0 Å². The van der Waals surface area contributed by atoms with Crippen molar-refractivity contribution in [2.24, 2.45) is 5.41 Å². The van der Waals surface area contributed by atoms with E-state index in [0.717, 1.165) is 30.4 Å². The van der Waals surface area contributed by atoms with Gasteiger partial charge in [0.1, 0.15) is 5.82 Å². The summed E-state index contributed by atoms with van der Waals surface area (Å²) in [5.41, 5.74) is 1.30. The van der Waals surface area contributed by atoms with Gasteiger partial charge in [-0.15, -0.1) is 15.3 Å². The van der Waals surface area contributed by atoms with Crippen LogP contribution < -0.4 is 4.90 Å². The smallest absolute Gasteiger partial charge is 0.178 e. The molecule has 0 spiro atoms. The molecule has 5 heteroatoms. The second-order valence-corrected chi connectivity index (χ2v) is 7.38. The summed E-state index contributed by atoms with van der Waals surface area (Å²) >= 11 is 0. The van der Waals surface area contributed by atoms with E-state index >= 15 is 0 Å². The molecule has 22 heavy (non-hydrogen) atoms. The van der Waals surface area contributed by atoms with Crippen LogP contribution in [0.2, 0.25) is 0 Å². The SMILES string of the molecule is CCCC1(C)CCCN(c2ccc3nnc(C4CC4)n3n2)C1. The number of fused-ring (bicyclic) bond motifs is 1. The van der Waals surface area contributed by atoms with Crippen molar-refractivity contribution in [2.45, 2.75) is 58.3 Å². The maximum Gasteiger partial charge on any atom is 0.178 e. The summed E-state index contributed by atoms with van der Waals surface area (Å²) in [4.78, 5) is 2.45. The molecule has 3 heterocycles. The van der Waals surface area contributed by atoms with E-state index in [-0.39, 0.29) is 0 Å². The molecule has 118 valence electrons. The van der Waals surface area contributed by atoms with Gasteiger partial charge < -0.3 is 4.90 Å². The second-order valence-electron chi connectivity index (χ2n) is 7.38. The number of piperidine rings is 1. The van der Waals surface area contributed by atoms with Crippen LogP contribution in [0.1, 0.15) is 64.1 Å². The molecule has 0 amide bonds. The average Bonchev–Trinajstić information content (AvgIpc) is 3.26. The summed E-state index contributed by atoms with van der Waals surface area (Å²) in [6, 6.07) is 4.17. The molecule has 2 aromatic heterocycles. The molecule has 0 aromatic carbocycles. The van der Waals surface area contributed by atoms with Crippen molar-refractivity contribution in [3.63, 3.8) is 0 Å². The molecule has 1 aliphatic carbocycles. The first-order valence-corrected chi connectivity index (χ1v) is 8.66. The number of aromatic nitrogens is 4. The van der Waals surface area contributed by atoms with E-state index in [0.29, 0.717) is 11.3 Å². The topological polar surface area (TPSA) is 46.3 Å². The Bertz CT molecular complexity index is 671. The zero-order valence-corrected chi connectivity index (χ0v) is 13.6. The molecule has 1 aliphatic heterocycles. The van der Waals surface area contributed by atoms with Crippen molar-refractivity contribution >= 4 is 11.5 Å². The zero-order valence-electron chi connectivity index (χ0n) is 13.6. The zero-order chi connectivity index (χ0) is 15.2. The van der Waals surface area contributed by atoms with Crippen LogP contribution in [-0.4, -0.2) is 32.9 Å². The quantitative estimate of drug-likeness (QED) is 0.868. The third-order valence-corrected chi connectivity index (χ3v) is 5.17. The fourth-order valence-electron chi connectivity index (χ4n) is 3.88. The second kappa shape index (κ2) is 5.21. The van der Waals surface area contributed by atoms with Crippen molar-refractivity contribution in [3.05, 3.63) is 18.0 Å². The van der Waals surface area contributed by atoms with E-state index in [2.05, 4.69) is 41.1 Å². The lowest BCUT2D eigenvalue weighted by Crippen LogP contribution is -2.42. The number of anilines is 1. The fourth-order valence-corrected chi connectivity index (χ4v) is 3.88. The molecule has 1 unspecified atom stereocenters. The van der Waals surface area contributed by atoms with Gasteiger partial charge in [0.25, 0.3) is 0 Å². The van der Waals surface area contributed by atoms with Crippen molar-refractivity contribution < 1.29 is 0 Å². The highest BCUT2D eigenvalue weighted by Crippen LogP contribution is 2.39. The highest BCUT2D eigenvalue weighted by Gasteiger charge is 2.32. The van der Waals surface area contributed by atoms with E-state index in [1.807, 2.05) is 4.52 Å². The van der Waals surface area contributed by atoms with Crippen LogP contribution in [0, 0.1) is 5.41 Å². The summed E-state index contributed by atoms with van der Waals surface area (Å²) in [5.74, 6) is 2.70. The standard InChI is InChI=1S/C17H25N5/c1-3-9-17(2)10-4-11-21(12-17)15-8-7-14-18-19-16(13-5-6-13)22(14)20-15/h7-8,13H,3-6,9-12H2,1-2H3. The Morgan fingerprint density at radius 1 is 1.27 bits per heavy atom. The van der Waals surface area contributed by atoms with Crippen LogP contribution in [-0.2, 0) is 0 Å². The minimum absolute atomic E-state index is 0.427. The monoisotopic (exact) mass is 299 g/mol. The molecule has 0 bridgehead atoms. The first kappa shape index (κ1) is 14.0. The van der Waals surface area contributed by atoms with Crippen molar-refractivity contribution in [2.75, 3.05) is 18.0 Å². The molecular weight excluding hydrogens is 274 g/mol. The van der Waals surface area contributed by atoms with E-state index in [9.17, 15) is 0 Å². The van der Waals surface area contributed by atoms with Gasteiger partial charge in [-0.2, -0.15) is 4.52 Å². The molecular formula is C17H25N5. The summed E-state index contributed by atoms with van der Waals surface area (Å²) in [7, 11) is 0. The van der Waals surface area contributed by atoms with Gasteiger partial charge in [0.2, 0.25) is 0 Å². The van der Waals surface area contributed by atoms with Crippen LogP contribution >= 0.6 is 0 Å². The Balaban J connectivity index is 1.64. The van der Waals surface area contributed by atoms with Gasteiger partial charge in [0.05, 0.1) is 0 Å². The van der Waals surface area contributed by atoms with Gasteiger partial charge in [0, 0.05) is 19.0 Å². The lowest BCUT2D eigenvalue weighted by molar-refractivity contribution is 0.238. The summed E-state index contributed by atoms with van der Waals surface area (Å²) < 4.78 is 1.97. The molecule has 2 fully saturated rings. The maximum absolute atomic E-state index is 4.86. The third kappa shape index (κ3) is 2.46. The number of nitrogens with zero attached hydrogens (tertiary/aromatic N) is 5. The first-order valence-electron chi connectivity index (χ1n) is 8.66. The highest BCUT2D eigenvalue weighted by atomic mass is 15.4. The molecule has 1 saturated carbocycles. The fraction of sp³-hybridized carbons (Fsp3) is 0.706. The highest BCUT2D eigenvalue weighted by molar-refractivity contribution is 5.46. The van der Waals surface area contributed by atoms with Crippen LogP contribution in [0.25, 0.3) is 5.65 Å². The van der Waals surface area contributed by atoms with Gasteiger partial charge in [-0.3, -0.25) is 0 Å². The van der Waals surface area contributed by atoms with Crippen molar-refractivity contribution in [1.29, 1.82) is 0 Å². The van der Waals surface area contributed by atoms with Crippen molar-refractivity contribution in [3.8, 4) is 0 Å². The normalized spacial score (nSPS) is 25.8. The molecule has 0 radical (unpaired) electrons. The minimum atomic E-state index is 0.427. The van der Waals surface area contributed by atoms with Gasteiger partial charge in [-0.05, 0) is 49.7 Å². The Labute approximate surface area is 131 Å². The number of hydrogen-bond donors (Lipinski definition) is 0. The predicted octanol–water partition coefficient (Wildman–Crippen LogP) is 3.41. The van der Waals surface area contributed by atoms with E-state index in [1.54, 1.807) is 0 Å². The Kier molecular flexibility index (Phi) is 3.31. The van der Waals surface area contributed by atoms with Crippen LogP contribution in [0.15, 0.2) is 12.1 Å². The van der Waals surface area contributed by atoms with E-state index in [1.165, 1.54) is 38.5 Å². The first-order chi connectivity index (χ1) is 10.7. The van der Waals surface area contributed by atoms with Crippen LogP contribution in [0.5, 0.6) is 0 Å². The van der Waals surface area contributed by atoms with Crippen molar-refractivity contribution in [1.82, 2.24) is 19.8 Å². The Morgan fingerprint density at radius 2 is 2.14 bits per heavy atom. The number of hydrogen-bond acceptors (Lipinski definition) is 4. The molecule has 5 nitrogen and oxygen atoms in total. The van der Waals surface area contributed by atoms with Gasteiger partial charge in [-0.1, -0.05) is 20.3 Å². The average molecular weight is 299 g/mol. The van der Waals surface area contributed by atoms with Gasteiger partial charge in [0.15, 0.2) is 11.5 Å². The molecule has 4 rings (SSSR count). The van der Waals surface area contributed by atoms with Crippen LogP contribution in [0.4, 0.5) is 5.82 Å². The van der Waals surface area contributed by atoms with E-state index in [4.69, 9.17) is 5.10 Å².